The monoisotopic (exact) mass is 526 g/mol. The van der Waals surface area contributed by atoms with Gasteiger partial charge in [-0.25, -0.2) is 0 Å². The van der Waals surface area contributed by atoms with E-state index >= 15 is 0 Å². The molecule has 2 aliphatic rings. The summed E-state index contributed by atoms with van der Waals surface area (Å²) in [5.74, 6) is -1.22. The Morgan fingerprint density at radius 1 is 1.14 bits per heavy atom. The van der Waals surface area contributed by atoms with Crippen LogP contribution in [0.4, 0.5) is 0 Å². The Morgan fingerprint density at radius 3 is 2.31 bits per heavy atom. The van der Waals surface area contributed by atoms with Crippen LogP contribution in [0.25, 0.3) is 0 Å². The quantitative estimate of drug-likeness (QED) is 0.208. The number of nitrogens with zero attached hydrogens (tertiary/aromatic N) is 1. The largest absolute Gasteiger partial charge is 0.381 e. The summed E-state index contributed by atoms with van der Waals surface area (Å²) in [5, 5.41) is 18.9. The van der Waals surface area contributed by atoms with Crippen molar-refractivity contribution in [3.63, 3.8) is 0 Å². The number of amides is 4. The summed E-state index contributed by atoms with van der Waals surface area (Å²) >= 11 is 4.15. The molecule has 10 heteroatoms. The number of aliphatic hydroxyl groups is 1. The van der Waals surface area contributed by atoms with Gasteiger partial charge in [0.1, 0.15) is 17.5 Å². The molecule has 206 valence electrons. The van der Waals surface area contributed by atoms with Crippen molar-refractivity contribution in [3.05, 3.63) is 0 Å². The number of thiol groups is 1. The van der Waals surface area contributed by atoms with Crippen molar-refractivity contribution in [1.29, 1.82) is 0 Å². The van der Waals surface area contributed by atoms with Gasteiger partial charge in [0.15, 0.2) is 0 Å². The first-order valence-corrected chi connectivity index (χ1v) is 13.9. The highest BCUT2D eigenvalue weighted by molar-refractivity contribution is 7.80. The second-order valence-corrected chi connectivity index (χ2v) is 11.9. The van der Waals surface area contributed by atoms with Crippen molar-refractivity contribution in [2.75, 3.05) is 13.6 Å². The first-order valence-electron chi connectivity index (χ1n) is 13.4. The topological polar surface area (TPSA) is 128 Å². The van der Waals surface area contributed by atoms with Crippen LogP contribution in [0.15, 0.2) is 0 Å². The van der Waals surface area contributed by atoms with E-state index in [-0.39, 0.29) is 36.0 Å². The second-order valence-electron chi connectivity index (χ2n) is 11.4. The van der Waals surface area contributed by atoms with E-state index in [0.717, 1.165) is 32.1 Å². The highest BCUT2D eigenvalue weighted by Gasteiger charge is 2.39. The van der Waals surface area contributed by atoms with Crippen LogP contribution in [0.1, 0.15) is 85.5 Å². The Labute approximate surface area is 221 Å². The second kappa shape index (κ2) is 13.7. The van der Waals surface area contributed by atoms with Gasteiger partial charge in [0, 0.05) is 24.9 Å². The first-order chi connectivity index (χ1) is 16.9. The molecule has 1 aliphatic heterocycles. The summed E-state index contributed by atoms with van der Waals surface area (Å²) in [6.45, 7) is 8.00. The van der Waals surface area contributed by atoms with Gasteiger partial charge in [-0.15, -0.1) is 12.6 Å². The molecule has 0 spiro atoms. The highest BCUT2D eigenvalue weighted by Crippen LogP contribution is 2.30. The number of hydrogen-bond donors (Lipinski definition) is 5. The molecule has 0 aromatic rings. The molecular weight excluding hydrogens is 480 g/mol. The number of aliphatic hydroxyl groups excluding tert-OH is 1. The highest BCUT2D eigenvalue weighted by atomic mass is 32.1. The van der Waals surface area contributed by atoms with E-state index < -0.39 is 34.9 Å². The Bertz CT molecular complexity index is 779. The summed E-state index contributed by atoms with van der Waals surface area (Å²) in [7, 11) is 1.61. The van der Waals surface area contributed by atoms with E-state index in [9.17, 15) is 24.3 Å². The minimum absolute atomic E-state index is 0.0356. The molecular formula is C26H46N4O5S. The molecule has 2 fully saturated rings. The molecule has 0 bridgehead atoms. The van der Waals surface area contributed by atoms with Gasteiger partial charge < -0.3 is 26.0 Å². The molecule has 1 heterocycles. The molecule has 5 atom stereocenters. The van der Waals surface area contributed by atoms with E-state index in [1.807, 2.05) is 27.7 Å². The summed E-state index contributed by atoms with van der Waals surface area (Å²) < 4.78 is 0. The smallest absolute Gasteiger partial charge is 0.245 e. The molecule has 0 aromatic heterocycles. The molecule has 1 saturated carbocycles. The Balaban J connectivity index is 2.18. The van der Waals surface area contributed by atoms with Gasteiger partial charge in [0.2, 0.25) is 23.6 Å². The van der Waals surface area contributed by atoms with Crippen molar-refractivity contribution in [1.82, 2.24) is 20.9 Å². The number of hydrogen-bond acceptors (Lipinski definition) is 6. The zero-order chi connectivity index (χ0) is 27.0. The molecule has 1 saturated heterocycles. The van der Waals surface area contributed by atoms with E-state index in [0.29, 0.717) is 25.8 Å². The fourth-order valence-corrected chi connectivity index (χ4v) is 5.27. The number of likely N-dealkylation sites (N-methyl/N-ethyl adjacent to an activating group) is 1. The lowest BCUT2D eigenvalue weighted by Gasteiger charge is -2.35. The summed E-state index contributed by atoms with van der Waals surface area (Å²) in [6.07, 6.45) is 6.63. The van der Waals surface area contributed by atoms with Gasteiger partial charge in [-0.2, -0.15) is 0 Å². The maximum atomic E-state index is 13.7. The Kier molecular flexibility index (Phi) is 11.5. The molecule has 4 N–H and O–H groups in total. The molecule has 1 aliphatic carbocycles. The minimum Gasteiger partial charge on any atom is -0.381 e. The average molecular weight is 527 g/mol. The van der Waals surface area contributed by atoms with Crippen molar-refractivity contribution >= 4 is 36.3 Å². The molecule has 0 aromatic carbocycles. The number of nitrogens with one attached hydrogen (secondary N) is 3. The van der Waals surface area contributed by atoms with Crippen LogP contribution in [-0.2, 0) is 19.2 Å². The van der Waals surface area contributed by atoms with Gasteiger partial charge in [-0.05, 0) is 44.4 Å². The maximum absolute atomic E-state index is 13.7. The minimum atomic E-state index is -1.15. The van der Waals surface area contributed by atoms with Gasteiger partial charge in [-0.3, -0.25) is 19.2 Å². The van der Waals surface area contributed by atoms with E-state index in [4.69, 9.17) is 0 Å². The van der Waals surface area contributed by atoms with Gasteiger partial charge in [-0.1, -0.05) is 47.0 Å². The molecule has 4 amide bonds. The first kappa shape index (κ1) is 30.4. The summed E-state index contributed by atoms with van der Waals surface area (Å²) in [5.41, 5.74) is -1.79. The van der Waals surface area contributed by atoms with E-state index in [1.165, 1.54) is 4.90 Å². The normalized spacial score (nSPS) is 22.2. The molecule has 36 heavy (non-hydrogen) atoms. The lowest BCUT2D eigenvalue weighted by Crippen LogP contribution is -2.58. The third-order valence-electron chi connectivity index (χ3n) is 7.41. The van der Waals surface area contributed by atoms with Crippen molar-refractivity contribution in [2.24, 2.45) is 17.3 Å². The zero-order valence-corrected chi connectivity index (χ0v) is 23.4. The van der Waals surface area contributed by atoms with Crippen LogP contribution in [0.5, 0.6) is 0 Å². The maximum Gasteiger partial charge on any atom is 0.245 e. The fraction of sp³-hybridized carbons (Fsp3) is 0.846. The van der Waals surface area contributed by atoms with Crippen LogP contribution in [-0.4, -0.2) is 70.8 Å². The number of rotatable bonds is 11. The van der Waals surface area contributed by atoms with E-state index in [1.54, 1.807) is 7.05 Å². The third kappa shape index (κ3) is 8.36. The average Bonchev–Trinajstić information content (AvgIpc) is 3.34. The van der Waals surface area contributed by atoms with Gasteiger partial charge in [0.05, 0.1) is 6.04 Å². The van der Waals surface area contributed by atoms with Crippen molar-refractivity contribution in [2.45, 2.75) is 109 Å². The fourth-order valence-electron chi connectivity index (χ4n) is 5.08. The lowest BCUT2D eigenvalue weighted by molar-refractivity contribution is -0.144. The molecule has 2 rings (SSSR count). The Morgan fingerprint density at radius 2 is 1.78 bits per heavy atom. The van der Waals surface area contributed by atoms with E-state index in [2.05, 4.69) is 28.6 Å². The van der Waals surface area contributed by atoms with Gasteiger partial charge in [0.25, 0.3) is 0 Å². The standard InChI is InChI=1S/C26H46N4O5S/c1-6-10-19(22(32)28-18(24(34)36)15-17-13-9-14-27-21(17)31)30(5)23(33)20(16-11-7-8-12-16)29-25(35)26(2,3)4/h16-20,24,34,36H,6-15H2,1-5H3,(H,27,31)(H,28,32)(H,29,35)/t17-,18-,19-,20+,24+/m0/s1. The predicted molar refractivity (Wildman–Crippen MR) is 142 cm³/mol. The molecule has 0 radical (unpaired) electrons. The van der Waals surface area contributed by atoms with Crippen LogP contribution in [0.2, 0.25) is 0 Å². The predicted octanol–water partition coefficient (Wildman–Crippen LogP) is 1.98. The number of piperidine rings is 1. The van der Waals surface area contributed by atoms with Crippen LogP contribution >= 0.6 is 12.6 Å². The van der Waals surface area contributed by atoms with Crippen LogP contribution < -0.4 is 16.0 Å². The SMILES string of the molecule is CCC[C@@H](C(=O)N[C@@H](C[C@@H]1CCCNC1=O)[C@H](O)S)N(C)C(=O)[C@H](NC(=O)C(C)(C)C)C1CCCC1. The van der Waals surface area contributed by atoms with Gasteiger partial charge >= 0.3 is 0 Å². The molecule has 0 unspecified atom stereocenters. The summed E-state index contributed by atoms with van der Waals surface area (Å²) in [4.78, 5) is 53.6. The number of carbonyl (C=O) groups excluding carboxylic acids is 4. The zero-order valence-electron chi connectivity index (χ0n) is 22.5. The van der Waals surface area contributed by atoms with Crippen molar-refractivity contribution < 1.29 is 24.3 Å². The van der Waals surface area contributed by atoms with Crippen molar-refractivity contribution in [3.8, 4) is 0 Å². The molecule has 9 nitrogen and oxygen atoms in total. The Hall–Kier alpha value is -1.81. The summed E-state index contributed by atoms with van der Waals surface area (Å²) in [6, 6.07) is -2.19. The number of carbonyl (C=O) groups is 4. The van der Waals surface area contributed by atoms with Crippen LogP contribution in [0, 0.1) is 17.3 Å². The van der Waals surface area contributed by atoms with Crippen LogP contribution in [0.3, 0.4) is 0 Å². The lowest BCUT2D eigenvalue weighted by atomic mass is 9.91. The third-order valence-corrected chi connectivity index (χ3v) is 7.77.